The lowest BCUT2D eigenvalue weighted by atomic mass is 9.86. The molecule has 0 aliphatic heterocycles. The third kappa shape index (κ3) is 2.84. The van der Waals surface area contributed by atoms with E-state index in [0.717, 1.165) is 0 Å². The van der Waals surface area contributed by atoms with E-state index in [1.54, 1.807) is 0 Å². The highest BCUT2D eigenvalue weighted by Crippen LogP contribution is 2.52. The molecule has 0 atom stereocenters. The molecule has 0 spiro atoms. The summed E-state index contributed by atoms with van der Waals surface area (Å²) in [5, 5.41) is 2.63. The number of benzene rings is 4. The topological polar surface area (TPSA) is 0 Å². The first kappa shape index (κ1) is 16.6. The van der Waals surface area contributed by atoms with E-state index in [0.29, 0.717) is 5.92 Å². The van der Waals surface area contributed by atoms with Crippen molar-refractivity contribution in [3.8, 4) is 0 Å². The molecule has 0 heteroatoms. The summed E-state index contributed by atoms with van der Waals surface area (Å²) in [6.45, 7) is 0. The lowest BCUT2D eigenvalue weighted by molar-refractivity contribution is 1.08. The smallest absolute Gasteiger partial charge is 0.00297 e. The summed E-state index contributed by atoms with van der Waals surface area (Å²) >= 11 is 0. The van der Waals surface area contributed by atoms with Gasteiger partial charge in [0.05, 0.1) is 0 Å². The van der Waals surface area contributed by atoms with Crippen molar-refractivity contribution in [1.82, 2.24) is 0 Å². The van der Waals surface area contributed by atoms with Gasteiger partial charge in [0.25, 0.3) is 0 Å². The van der Waals surface area contributed by atoms with Crippen molar-refractivity contribution in [3.63, 3.8) is 0 Å². The Bertz CT molecular complexity index is 1230. The Morgan fingerprint density at radius 1 is 0.621 bits per heavy atom. The summed E-state index contributed by atoms with van der Waals surface area (Å²) in [6, 6.07) is 35.3. The maximum atomic E-state index is 2.46. The molecule has 1 saturated carbocycles. The number of rotatable bonds is 3. The van der Waals surface area contributed by atoms with Crippen LogP contribution in [0.1, 0.15) is 35.1 Å². The normalized spacial score (nSPS) is 15.3. The molecular weight excluding hydrogens is 348 g/mol. The maximum absolute atomic E-state index is 2.46. The van der Waals surface area contributed by atoms with Gasteiger partial charge in [-0.05, 0) is 80.6 Å². The van der Waals surface area contributed by atoms with Crippen LogP contribution >= 0.6 is 0 Å². The van der Waals surface area contributed by atoms with Gasteiger partial charge in [0, 0.05) is 0 Å². The summed E-state index contributed by atoms with van der Waals surface area (Å²) in [4.78, 5) is 0. The fourth-order valence-corrected chi connectivity index (χ4v) is 4.65. The molecule has 4 aromatic carbocycles. The lowest BCUT2D eigenvalue weighted by Gasteiger charge is -2.17. The minimum absolute atomic E-state index is 0.697. The molecule has 0 radical (unpaired) electrons. The van der Waals surface area contributed by atoms with Crippen LogP contribution in [0.2, 0.25) is 0 Å². The first-order valence-electron chi connectivity index (χ1n) is 10.5. The molecule has 0 unspecified atom stereocenters. The lowest BCUT2D eigenvalue weighted by Crippen LogP contribution is -1.97. The quantitative estimate of drug-likeness (QED) is 0.348. The summed E-state index contributed by atoms with van der Waals surface area (Å²) in [7, 11) is 0. The summed E-state index contributed by atoms with van der Waals surface area (Å²) in [6.07, 6.45) is 5.07. The van der Waals surface area contributed by atoms with E-state index in [2.05, 4.69) is 103 Å². The second-order valence-corrected chi connectivity index (χ2v) is 8.14. The first-order valence-corrected chi connectivity index (χ1v) is 10.5. The van der Waals surface area contributed by atoms with Gasteiger partial charge in [0.1, 0.15) is 0 Å². The molecule has 1 fully saturated rings. The average Bonchev–Trinajstić information content (AvgIpc) is 3.57. The van der Waals surface area contributed by atoms with Gasteiger partial charge >= 0.3 is 0 Å². The molecule has 0 bridgehead atoms. The van der Waals surface area contributed by atoms with Crippen LogP contribution in [-0.2, 0) is 0 Å². The molecule has 0 saturated heterocycles. The van der Waals surface area contributed by atoms with Gasteiger partial charge in [0.2, 0.25) is 0 Å². The predicted octanol–water partition coefficient (Wildman–Crippen LogP) is 7.61. The molecular formula is C29H22. The van der Waals surface area contributed by atoms with E-state index in [4.69, 9.17) is 0 Å². The van der Waals surface area contributed by atoms with Gasteiger partial charge in [0.15, 0.2) is 0 Å². The van der Waals surface area contributed by atoms with E-state index in [9.17, 15) is 0 Å². The monoisotopic (exact) mass is 370 g/mol. The van der Waals surface area contributed by atoms with Gasteiger partial charge in [-0.2, -0.15) is 0 Å². The Balaban J connectivity index is 1.70. The van der Waals surface area contributed by atoms with Crippen molar-refractivity contribution in [2.24, 2.45) is 5.92 Å². The highest BCUT2D eigenvalue weighted by atomic mass is 14.4. The van der Waals surface area contributed by atoms with Crippen LogP contribution in [-0.4, -0.2) is 0 Å². The van der Waals surface area contributed by atoms with E-state index in [-0.39, 0.29) is 0 Å². The van der Waals surface area contributed by atoms with Gasteiger partial charge in [-0.3, -0.25) is 0 Å². The molecule has 0 N–H and O–H groups in total. The average molecular weight is 370 g/mol. The highest BCUT2D eigenvalue weighted by molar-refractivity contribution is 6.12. The zero-order valence-electron chi connectivity index (χ0n) is 16.3. The van der Waals surface area contributed by atoms with Gasteiger partial charge < -0.3 is 0 Å². The molecule has 138 valence electrons. The Hall–Kier alpha value is -3.38. The molecule has 6 rings (SSSR count). The Kier molecular flexibility index (Phi) is 3.77. The van der Waals surface area contributed by atoms with E-state index < -0.39 is 0 Å². The van der Waals surface area contributed by atoms with Gasteiger partial charge in [-0.15, -0.1) is 0 Å². The van der Waals surface area contributed by atoms with E-state index in [1.165, 1.54) is 62.6 Å². The van der Waals surface area contributed by atoms with Crippen molar-refractivity contribution < 1.29 is 0 Å². The minimum atomic E-state index is 0.697. The third-order valence-electron chi connectivity index (χ3n) is 6.18. The summed E-state index contributed by atoms with van der Waals surface area (Å²) < 4.78 is 0. The van der Waals surface area contributed by atoms with Crippen LogP contribution in [0, 0.1) is 5.92 Å². The fraction of sp³-hybridized carbons (Fsp3) is 0.103. The van der Waals surface area contributed by atoms with Crippen molar-refractivity contribution in [3.05, 3.63) is 125 Å². The number of allylic oxidation sites excluding steroid dienone is 2. The molecule has 0 nitrogen and oxygen atoms in total. The van der Waals surface area contributed by atoms with E-state index >= 15 is 0 Å². The highest BCUT2D eigenvalue weighted by Gasteiger charge is 2.34. The van der Waals surface area contributed by atoms with Crippen molar-refractivity contribution in [1.29, 1.82) is 0 Å². The zero-order chi connectivity index (χ0) is 19.2. The van der Waals surface area contributed by atoms with Crippen LogP contribution in [0.25, 0.3) is 28.0 Å². The molecule has 2 aliphatic rings. The molecule has 0 aromatic heterocycles. The number of fused-ring (bicyclic) bond motifs is 2. The van der Waals surface area contributed by atoms with Crippen LogP contribution < -0.4 is 0 Å². The van der Waals surface area contributed by atoms with Crippen molar-refractivity contribution >= 4 is 28.0 Å². The number of hydrogen-bond acceptors (Lipinski definition) is 0. The largest absolute Gasteiger partial charge is 0.0622 e. The molecule has 2 aliphatic carbocycles. The second kappa shape index (κ2) is 6.60. The SMILES string of the molecule is C1=C(C2CC2)C(=C(c2ccccc2)c2ccccc2)c2cc3ccccc3cc21. The second-order valence-electron chi connectivity index (χ2n) is 8.14. The molecule has 29 heavy (non-hydrogen) atoms. The summed E-state index contributed by atoms with van der Waals surface area (Å²) in [5.74, 6) is 0.697. The van der Waals surface area contributed by atoms with Crippen molar-refractivity contribution in [2.75, 3.05) is 0 Å². The van der Waals surface area contributed by atoms with Gasteiger partial charge in [-0.25, -0.2) is 0 Å². The van der Waals surface area contributed by atoms with Crippen LogP contribution in [0.15, 0.2) is 103 Å². The Morgan fingerprint density at radius 3 is 1.76 bits per heavy atom. The Morgan fingerprint density at radius 2 is 1.17 bits per heavy atom. The van der Waals surface area contributed by atoms with E-state index in [1.807, 2.05) is 0 Å². The standard InChI is InChI=1S/C29H22/c1-3-9-21(10-4-1)28(22-11-5-2-6-12-22)29-26(20-15-16-20)19-25-17-23-13-7-8-14-24(23)18-27(25)29/h1-14,17-20H,15-16H2. The van der Waals surface area contributed by atoms with Crippen LogP contribution in [0.5, 0.6) is 0 Å². The predicted molar refractivity (Wildman–Crippen MR) is 123 cm³/mol. The minimum Gasteiger partial charge on any atom is -0.0622 e. The maximum Gasteiger partial charge on any atom is -0.00297 e. The number of hydrogen-bond donors (Lipinski definition) is 0. The van der Waals surface area contributed by atoms with Crippen LogP contribution in [0.3, 0.4) is 0 Å². The zero-order valence-corrected chi connectivity index (χ0v) is 16.3. The first-order chi connectivity index (χ1) is 14.4. The third-order valence-corrected chi connectivity index (χ3v) is 6.18. The Labute approximate surface area is 171 Å². The van der Waals surface area contributed by atoms with Gasteiger partial charge in [-0.1, -0.05) is 91.0 Å². The molecule has 0 amide bonds. The summed E-state index contributed by atoms with van der Waals surface area (Å²) in [5.41, 5.74) is 9.66. The molecule has 0 heterocycles. The van der Waals surface area contributed by atoms with Crippen molar-refractivity contribution in [2.45, 2.75) is 12.8 Å². The molecule has 4 aromatic rings. The van der Waals surface area contributed by atoms with Crippen LogP contribution in [0.4, 0.5) is 0 Å². The fourth-order valence-electron chi connectivity index (χ4n) is 4.65.